The molecule has 0 saturated heterocycles. The van der Waals surface area contributed by atoms with E-state index in [2.05, 4.69) is 11.1 Å². The van der Waals surface area contributed by atoms with Gasteiger partial charge in [0, 0.05) is 19.5 Å². The van der Waals surface area contributed by atoms with Crippen LogP contribution in [0, 0.1) is 3.95 Å². The summed E-state index contributed by atoms with van der Waals surface area (Å²) in [4.78, 5) is 3.09. The van der Waals surface area contributed by atoms with Crippen LogP contribution in [0.15, 0.2) is 24.3 Å². The van der Waals surface area contributed by atoms with Crippen molar-refractivity contribution >= 4 is 47.3 Å². The molecule has 5 heteroatoms. The van der Waals surface area contributed by atoms with Crippen molar-refractivity contribution in [2.45, 2.75) is 0 Å². The van der Waals surface area contributed by atoms with Gasteiger partial charge in [-0.1, -0.05) is 12.1 Å². The first-order valence-corrected chi connectivity index (χ1v) is 4.16. The third kappa shape index (κ3) is 2.39. The minimum atomic E-state index is 0. The van der Waals surface area contributed by atoms with Crippen LogP contribution >= 0.6 is 37.1 Å². The van der Waals surface area contributed by atoms with Crippen molar-refractivity contribution in [3.8, 4) is 0 Å². The number of aromatic nitrogens is 1. The fourth-order valence-corrected chi connectivity index (χ4v) is 2.01. The van der Waals surface area contributed by atoms with Gasteiger partial charge in [-0.15, -0.1) is 11.3 Å². The van der Waals surface area contributed by atoms with Crippen molar-refractivity contribution in [1.82, 2.24) is 4.98 Å². The molecule has 0 aliphatic rings. The van der Waals surface area contributed by atoms with Crippen molar-refractivity contribution in [3.05, 3.63) is 28.2 Å². The van der Waals surface area contributed by atoms with Gasteiger partial charge in [0.2, 0.25) is 0 Å². The van der Waals surface area contributed by atoms with Gasteiger partial charge in [-0.2, -0.15) is 13.5 Å². The monoisotopic (exact) mass is 265 g/mol. The second-order valence-corrected chi connectivity index (χ2v) is 3.73. The summed E-state index contributed by atoms with van der Waals surface area (Å²) in [7, 11) is 0. The number of hydrogen-bond donors (Lipinski definition) is 1. The molecule has 60 valence electrons. The Morgan fingerprint density at radius 2 is 1.92 bits per heavy atom. The summed E-state index contributed by atoms with van der Waals surface area (Å²) < 4.78 is 2.08. The minimum absolute atomic E-state index is 0. The number of nitrogens with one attached hydrogen (secondary N) is 1. The summed E-state index contributed by atoms with van der Waals surface area (Å²) >= 11 is 6.59. The Hall–Kier alpha value is 0.303. The molecular formula is C7H7NS3Zn. The van der Waals surface area contributed by atoms with Crippen LogP contribution in [0.1, 0.15) is 0 Å². The number of aromatic amines is 1. The first-order valence-electron chi connectivity index (χ1n) is 2.94. The Bertz CT molecular complexity index is 370. The maximum absolute atomic E-state index is 4.98. The van der Waals surface area contributed by atoms with Gasteiger partial charge in [-0.05, 0) is 24.4 Å². The normalized spacial score (nSPS) is 8.67. The van der Waals surface area contributed by atoms with Crippen LogP contribution in [0.3, 0.4) is 0 Å². The summed E-state index contributed by atoms with van der Waals surface area (Å²) in [5.74, 6) is 0. The molecule has 2 rings (SSSR count). The summed E-state index contributed by atoms with van der Waals surface area (Å²) in [5.41, 5.74) is 1.14. The van der Waals surface area contributed by atoms with E-state index < -0.39 is 0 Å². The predicted octanol–water partition coefficient (Wildman–Crippen LogP) is 3.07. The molecule has 0 amide bonds. The Labute approximate surface area is 99.4 Å². The van der Waals surface area contributed by atoms with Gasteiger partial charge in [-0.3, -0.25) is 0 Å². The van der Waals surface area contributed by atoms with Gasteiger partial charge in [0.25, 0.3) is 0 Å². The number of hydrogen-bond acceptors (Lipinski definition) is 2. The Morgan fingerprint density at radius 3 is 2.58 bits per heavy atom. The number of benzene rings is 1. The van der Waals surface area contributed by atoms with Gasteiger partial charge in [-0.25, -0.2) is 0 Å². The van der Waals surface area contributed by atoms with E-state index in [1.54, 1.807) is 11.3 Å². The molecule has 0 unspecified atom stereocenters. The van der Waals surface area contributed by atoms with Gasteiger partial charge in [0.1, 0.15) is 0 Å². The van der Waals surface area contributed by atoms with Crippen LogP contribution in [0.5, 0.6) is 0 Å². The maximum atomic E-state index is 4.98. The zero-order chi connectivity index (χ0) is 6.97. The second kappa shape index (κ2) is 5.12. The predicted molar refractivity (Wildman–Crippen MR) is 57.4 cm³/mol. The number of para-hydroxylation sites is 1. The van der Waals surface area contributed by atoms with E-state index in [0.29, 0.717) is 0 Å². The van der Waals surface area contributed by atoms with Gasteiger partial charge < -0.3 is 4.98 Å². The molecule has 1 aromatic carbocycles. The molecule has 0 saturated carbocycles. The van der Waals surface area contributed by atoms with E-state index in [0.717, 1.165) is 9.47 Å². The molecule has 1 N–H and O–H groups in total. The van der Waals surface area contributed by atoms with Crippen molar-refractivity contribution in [2.24, 2.45) is 0 Å². The molecular weight excluding hydrogens is 260 g/mol. The molecule has 12 heavy (non-hydrogen) atoms. The summed E-state index contributed by atoms with van der Waals surface area (Å²) in [6, 6.07) is 8.11. The third-order valence-electron chi connectivity index (χ3n) is 1.33. The molecule has 0 bridgehead atoms. The van der Waals surface area contributed by atoms with Gasteiger partial charge in [0.15, 0.2) is 3.95 Å². The van der Waals surface area contributed by atoms with E-state index >= 15 is 0 Å². The molecule has 1 nitrogen and oxygen atoms in total. The zero-order valence-corrected chi connectivity index (χ0v) is 11.9. The first kappa shape index (κ1) is 12.3. The molecule has 0 radical (unpaired) electrons. The fraction of sp³-hybridized carbons (Fsp3) is 0. The topological polar surface area (TPSA) is 15.8 Å². The molecule has 0 spiro atoms. The molecule has 1 aromatic heterocycles. The van der Waals surface area contributed by atoms with Crippen LogP contribution in [0.4, 0.5) is 0 Å². The van der Waals surface area contributed by atoms with Gasteiger partial charge >= 0.3 is 0 Å². The fourth-order valence-electron chi connectivity index (χ4n) is 0.894. The molecule has 0 atom stereocenters. The number of H-pyrrole nitrogens is 1. The smallest absolute Gasteiger partial charge is 0.159 e. The maximum Gasteiger partial charge on any atom is 0.159 e. The van der Waals surface area contributed by atoms with E-state index in [-0.39, 0.29) is 33.0 Å². The quantitative estimate of drug-likeness (QED) is 0.572. The Morgan fingerprint density at radius 1 is 1.25 bits per heavy atom. The second-order valence-electron chi connectivity index (χ2n) is 2.01. The molecule has 0 aliphatic carbocycles. The number of rotatable bonds is 0. The van der Waals surface area contributed by atoms with Crippen LogP contribution in [-0.2, 0) is 19.5 Å². The van der Waals surface area contributed by atoms with Gasteiger partial charge in [0.05, 0.1) is 10.2 Å². The molecule has 2 aromatic rings. The first-order chi connectivity index (χ1) is 4.86. The molecule has 1 heterocycles. The van der Waals surface area contributed by atoms with Crippen LogP contribution in [0.2, 0.25) is 0 Å². The van der Waals surface area contributed by atoms with E-state index in [1.807, 2.05) is 18.2 Å². The zero-order valence-electron chi connectivity index (χ0n) is 6.33. The average molecular weight is 267 g/mol. The third-order valence-corrected chi connectivity index (χ3v) is 2.54. The van der Waals surface area contributed by atoms with Crippen molar-refractivity contribution < 1.29 is 19.5 Å². The van der Waals surface area contributed by atoms with Crippen molar-refractivity contribution in [1.29, 1.82) is 0 Å². The summed E-state index contributed by atoms with van der Waals surface area (Å²) in [5, 5.41) is 0. The SMILES string of the molecule is S.S=c1[nH]c2ccccc2s1.[Zn]. The number of thiazole rings is 1. The van der Waals surface area contributed by atoms with Crippen LogP contribution in [0.25, 0.3) is 10.2 Å². The van der Waals surface area contributed by atoms with Crippen LogP contribution < -0.4 is 0 Å². The summed E-state index contributed by atoms with van der Waals surface area (Å²) in [6.45, 7) is 0. The number of fused-ring (bicyclic) bond motifs is 1. The Kier molecular flexibility index (Phi) is 5.25. The average Bonchev–Trinajstić information content (AvgIpc) is 2.27. The molecule has 0 aliphatic heterocycles. The Balaban J connectivity index is 0.000000605. The van der Waals surface area contributed by atoms with E-state index in [4.69, 9.17) is 12.2 Å². The van der Waals surface area contributed by atoms with Crippen LogP contribution in [-0.4, -0.2) is 4.98 Å². The van der Waals surface area contributed by atoms with E-state index in [9.17, 15) is 0 Å². The minimum Gasteiger partial charge on any atom is -0.337 e. The molecule has 0 fully saturated rings. The van der Waals surface area contributed by atoms with E-state index in [1.165, 1.54) is 4.70 Å². The summed E-state index contributed by atoms with van der Waals surface area (Å²) in [6.07, 6.45) is 0. The van der Waals surface area contributed by atoms with Crippen molar-refractivity contribution in [3.63, 3.8) is 0 Å². The largest absolute Gasteiger partial charge is 0.337 e. The standard InChI is InChI=1S/C7H5NS2.H2S.Zn/c9-7-8-5-3-1-2-4-6(5)10-7;;/h1-4H,(H,8,9);1H2;. The van der Waals surface area contributed by atoms with Crippen molar-refractivity contribution in [2.75, 3.05) is 0 Å².